The Bertz CT molecular complexity index is 542. The zero-order valence-electron chi connectivity index (χ0n) is 8.79. The smallest absolute Gasteiger partial charge is 0.303 e. The van der Waals surface area contributed by atoms with Crippen molar-refractivity contribution in [3.8, 4) is 0 Å². The molecule has 0 unspecified atom stereocenters. The van der Waals surface area contributed by atoms with Gasteiger partial charge in [-0.05, 0) is 30.5 Å². The molecule has 0 spiro atoms. The number of benzene rings is 1. The van der Waals surface area contributed by atoms with Crippen molar-refractivity contribution in [3.63, 3.8) is 0 Å². The van der Waals surface area contributed by atoms with Gasteiger partial charge in [-0.3, -0.25) is 4.79 Å². The molecule has 0 atom stereocenters. The molecule has 0 saturated carbocycles. The molecule has 0 bridgehead atoms. The average Bonchev–Trinajstić information content (AvgIpc) is 2.70. The second-order valence-corrected chi connectivity index (χ2v) is 4.10. The Balaban J connectivity index is 2.48. The largest absolute Gasteiger partial charge is 0.481 e. The molecular weight excluding hydrogens is 228 g/mol. The number of hydrogen-bond acceptors (Lipinski definition) is 2. The molecule has 0 aliphatic rings. The molecule has 0 amide bonds. The summed E-state index contributed by atoms with van der Waals surface area (Å²) in [5.41, 5.74) is 2.53. The molecule has 2 rings (SSSR count). The van der Waals surface area contributed by atoms with Crippen LogP contribution in [-0.2, 0) is 11.2 Å². The van der Waals surface area contributed by atoms with E-state index in [1.807, 2.05) is 13.0 Å². The first-order chi connectivity index (χ1) is 7.59. The van der Waals surface area contributed by atoms with Crippen molar-refractivity contribution in [3.05, 3.63) is 34.5 Å². The highest BCUT2D eigenvalue weighted by atomic mass is 35.5. The summed E-state index contributed by atoms with van der Waals surface area (Å²) >= 11 is 6.13. The highest BCUT2D eigenvalue weighted by molar-refractivity contribution is 6.36. The first kappa shape index (κ1) is 11.0. The number of carboxylic acids is 1. The molecule has 0 saturated heterocycles. The molecule has 1 N–H and O–H groups in total. The van der Waals surface area contributed by atoms with Gasteiger partial charge in [0.05, 0.1) is 11.3 Å². The van der Waals surface area contributed by atoms with Crippen molar-refractivity contribution in [1.29, 1.82) is 0 Å². The number of hydrogen-bond donors (Lipinski definition) is 1. The quantitative estimate of drug-likeness (QED) is 0.892. The Kier molecular flexibility index (Phi) is 2.88. The lowest BCUT2D eigenvalue weighted by atomic mass is 10.0. The van der Waals surface area contributed by atoms with Crippen molar-refractivity contribution in [1.82, 2.24) is 0 Å². The van der Waals surface area contributed by atoms with Gasteiger partial charge in [-0.2, -0.15) is 0 Å². The zero-order chi connectivity index (χ0) is 11.7. The normalized spacial score (nSPS) is 10.9. The minimum absolute atomic E-state index is 0.0941. The topological polar surface area (TPSA) is 50.4 Å². The van der Waals surface area contributed by atoms with Crippen molar-refractivity contribution in [2.24, 2.45) is 0 Å². The van der Waals surface area contributed by atoms with E-state index in [4.69, 9.17) is 21.1 Å². The van der Waals surface area contributed by atoms with Gasteiger partial charge in [-0.1, -0.05) is 17.7 Å². The van der Waals surface area contributed by atoms with Crippen LogP contribution in [0.25, 0.3) is 11.0 Å². The summed E-state index contributed by atoms with van der Waals surface area (Å²) < 4.78 is 5.34. The van der Waals surface area contributed by atoms with Crippen LogP contribution in [0.1, 0.15) is 17.5 Å². The number of aryl methyl sites for hydroxylation is 2. The fourth-order valence-corrected chi connectivity index (χ4v) is 1.96. The van der Waals surface area contributed by atoms with Gasteiger partial charge >= 0.3 is 5.97 Å². The SMILES string of the molecule is Cc1cc(CCC(=O)O)c2occc2c1Cl. The summed E-state index contributed by atoms with van der Waals surface area (Å²) in [6.45, 7) is 1.90. The highest BCUT2D eigenvalue weighted by Gasteiger charge is 2.11. The van der Waals surface area contributed by atoms with Crippen LogP contribution in [0.4, 0.5) is 0 Å². The van der Waals surface area contributed by atoms with Crippen molar-refractivity contribution < 1.29 is 14.3 Å². The first-order valence-electron chi connectivity index (χ1n) is 4.96. The van der Waals surface area contributed by atoms with Crippen LogP contribution in [0.5, 0.6) is 0 Å². The Morgan fingerprint density at radius 3 is 3.00 bits per heavy atom. The van der Waals surface area contributed by atoms with Crippen LogP contribution in [0, 0.1) is 6.92 Å². The number of aliphatic carboxylic acids is 1. The summed E-state index contributed by atoms with van der Waals surface area (Å²) in [6, 6.07) is 3.69. The number of carboxylic acid groups (broad SMARTS) is 1. The fraction of sp³-hybridized carbons (Fsp3) is 0.250. The van der Waals surface area contributed by atoms with Gasteiger partial charge in [-0.25, -0.2) is 0 Å². The summed E-state index contributed by atoms with van der Waals surface area (Å²) in [4.78, 5) is 10.5. The molecule has 0 aliphatic heterocycles. The maximum absolute atomic E-state index is 10.5. The second-order valence-electron chi connectivity index (χ2n) is 3.72. The molecule has 0 aliphatic carbocycles. The van der Waals surface area contributed by atoms with Crippen LogP contribution >= 0.6 is 11.6 Å². The molecule has 1 aromatic heterocycles. The third-order valence-electron chi connectivity index (χ3n) is 2.54. The van der Waals surface area contributed by atoms with Crippen LogP contribution in [0.3, 0.4) is 0 Å². The van der Waals surface area contributed by atoms with Crippen molar-refractivity contribution >= 4 is 28.5 Å². The lowest BCUT2D eigenvalue weighted by Gasteiger charge is -2.05. The van der Waals surface area contributed by atoms with E-state index in [2.05, 4.69) is 0 Å². The third kappa shape index (κ3) is 1.91. The van der Waals surface area contributed by atoms with Crippen LogP contribution < -0.4 is 0 Å². The summed E-state index contributed by atoms with van der Waals surface area (Å²) in [6.07, 6.45) is 2.12. The molecular formula is C12H11ClO3. The molecule has 0 fully saturated rings. The van der Waals surface area contributed by atoms with Gasteiger partial charge in [0.25, 0.3) is 0 Å². The Hall–Kier alpha value is -1.48. The van der Waals surface area contributed by atoms with Gasteiger partial charge in [0, 0.05) is 11.8 Å². The van der Waals surface area contributed by atoms with E-state index < -0.39 is 5.97 Å². The van der Waals surface area contributed by atoms with Gasteiger partial charge in [-0.15, -0.1) is 0 Å². The summed E-state index contributed by atoms with van der Waals surface area (Å²) in [7, 11) is 0. The Labute approximate surface area is 97.6 Å². The number of fused-ring (bicyclic) bond motifs is 1. The maximum atomic E-state index is 10.5. The molecule has 16 heavy (non-hydrogen) atoms. The standard InChI is InChI=1S/C12H11ClO3/c1-7-6-8(2-3-10(14)15)12-9(11(7)13)4-5-16-12/h4-6H,2-3H2,1H3,(H,14,15). The van der Waals surface area contributed by atoms with Gasteiger partial charge in [0.1, 0.15) is 5.58 Å². The number of rotatable bonds is 3. The number of carbonyl (C=O) groups is 1. The van der Waals surface area contributed by atoms with E-state index in [-0.39, 0.29) is 6.42 Å². The number of furan rings is 1. The van der Waals surface area contributed by atoms with E-state index in [1.54, 1.807) is 12.3 Å². The lowest BCUT2D eigenvalue weighted by Crippen LogP contribution is -1.98. The molecule has 2 aromatic rings. The molecule has 0 radical (unpaired) electrons. The minimum Gasteiger partial charge on any atom is -0.481 e. The Morgan fingerprint density at radius 2 is 2.31 bits per heavy atom. The van der Waals surface area contributed by atoms with Gasteiger partial charge < -0.3 is 9.52 Å². The zero-order valence-corrected chi connectivity index (χ0v) is 9.54. The predicted molar refractivity (Wildman–Crippen MR) is 61.9 cm³/mol. The third-order valence-corrected chi connectivity index (χ3v) is 3.04. The molecule has 3 nitrogen and oxygen atoms in total. The van der Waals surface area contributed by atoms with Crippen LogP contribution in [-0.4, -0.2) is 11.1 Å². The lowest BCUT2D eigenvalue weighted by molar-refractivity contribution is -0.136. The van der Waals surface area contributed by atoms with Crippen LogP contribution in [0.2, 0.25) is 5.02 Å². The van der Waals surface area contributed by atoms with Gasteiger partial charge in [0.15, 0.2) is 0 Å². The molecule has 1 heterocycles. The second kappa shape index (κ2) is 4.18. The molecule has 4 heteroatoms. The maximum Gasteiger partial charge on any atom is 0.303 e. The van der Waals surface area contributed by atoms with Gasteiger partial charge in [0.2, 0.25) is 0 Å². The number of halogens is 1. The van der Waals surface area contributed by atoms with E-state index in [1.165, 1.54) is 0 Å². The van der Waals surface area contributed by atoms with Crippen molar-refractivity contribution in [2.75, 3.05) is 0 Å². The van der Waals surface area contributed by atoms with E-state index in [9.17, 15) is 4.79 Å². The Morgan fingerprint density at radius 1 is 1.56 bits per heavy atom. The highest BCUT2D eigenvalue weighted by Crippen LogP contribution is 2.31. The fourth-order valence-electron chi connectivity index (χ4n) is 1.76. The molecule has 1 aromatic carbocycles. The summed E-state index contributed by atoms with van der Waals surface area (Å²) in [5, 5.41) is 10.2. The minimum atomic E-state index is -0.813. The summed E-state index contributed by atoms with van der Waals surface area (Å²) in [5.74, 6) is -0.813. The first-order valence-corrected chi connectivity index (χ1v) is 5.34. The van der Waals surface area contributed by atoms with Crippen LogP contribution in [0.15, 0.2) is 22.8 Å². The van der Waals surface area contributed by atoms with Crippen molar-refractivity contribution in [2.45, 2.75) is 19.8 Å². The van der Waals surface area contributed by atoms with E-state index in [0.29, 0.717) is 17.0 Å². The molecule has 84 valence electrons. The predicted octanol–water partition coefficient (Wildman–Crippen LogP) is 3.41. The van der Waals surface area contributed by atoms with E-state index >= 15 is 0 Å². The average molecular weight is 239 g/mol. The monoisotopic (exact) mass is 238 g/mol. The van der Waals surface area contributed by atoms with E-state index in [0.717, 1.165) is 16.5 Å².